The van der Waals surface area contributed by atoms with E-state index in [0.29, 0.717) is 42.6 Å². The highest BCUT2D eigenvalue weighted by Gasteiger charge is 2.26. The number of H-pyrrole nitrogens is 1. The Kier molecular flexibility index (Phi) is 6.05. The first-order valence-electron chi connectivity index (χ1n) is 9.71. The first kappa shape index (κ1) is 20.0. The van der Waals surface area contributed by atoms with E-state index in [2.05, 4.69) is 16.8 Å². The number of nitrogens with zero attached hydrogens (tertiary/aromatic N) is 2. The summed E-state index contributed by atoms with van der Waals surface area (Å²) in [7, 11) is 0. The fraction of sp³-hybridized carbons (Fsp3) is 0.217. The lowest BCUT2D eigenvalue weighted by molar-refractivity contribution is -0.134. The maximum Gasteiger partial charge on any atom is 0.260 e. The summed E-state index contributed by atoms with van der Waals surface area (Å²) in [6.07, 6.45) is 2.38. The van der Waals surface area contributed by atoms with E-state index < -0.39 is 0 Å². The Bertz CT molecular complexity index is 1060. The number of ether oxygens (including phenoxy) is 2. The predicted octanol–water partition coefficient (Wildman–Crippen LogP) is 4.26. The number of aromatic amines is 1. The monoisotopic (exact) mass is 423 g/mol. The van der Waals surface area contributed by atoms with Crippen molar-refractivity contribution in [2.75, 3.05) is 19.8 Å². The quantitative estimate of drug-likeness (QED) is 0.576. The van der Waals surface area contributed by atoms with Gasteiger partial charge in [-0.3, -0.25) is 9.89 Å². The third kappa shape index (κ3) is 4.33. The molecule has 3 aromatic rings. The van der Waals surface area contributed by atoms with Gasteiger partial charge in [-0.1, -0.05) is 48.5 Å². The standard InChI is InChI=1S/C23H22ClN3O3/c1-2-12-29-20-8-3-4-9-21(20)30-15-22(28)27-11-10-19-18(14-27)23(26-25-19)16-6-5-7-17(24)13-16/h2-9,13H,1,10-12,14-15H2,(H,25,26). The van der Waals surface area contributed by atoms with Crippen molar-refractivity contribution in [3.05, 3.63) is 77.5 Å². The van der Waals surface area contributed by atoms with E-state index in [9.17, 15) is 4.79 Å². The zero-order valence-electron chi connectivity index (χ0n) is 16.4. The predicted molar refractivity (Wildman–Crippen MR) is 116 cm³/mol. The van der Waals surface area contributed by atoms with E-state index in [1.165, 1.54) is 0 Å². The van der Waals surface area contributed by atoms with Crippen LogP contribution in [-0.4, -0.2) is 40.8 Å². The van der Waals surface area contributed by atoms with Crippen molar-refractivity contribution in [2.45, 2.75) is 13.0 Å². The zero-order valence-corrected chi connectivity index (χ0v) is 17.2. The summed E-state index contributed by atoms with van der Waals surface area (Å²) >= 11 is 6.13. The van der Waals surface area contributed by atoms with E-state index in [1.54, 1.807) is 23.1 Å². The minimum Gasteiger partial charge on any atom is -0.486 e. The van der Waals surface area contributed by atoms with Crippen molar-refractivity contribution < 1.29 is 14.3 Å². The van der Waals surface area contributed by atoms with Crippen LogP contribution >= 0.6 is 11.6 Å². The smallest absolute Gasteiger partial charge is 0.260 e. The van der Waals surface area contributed by atoms with Gasteiger partial charge in [0.1, 0.15) is 6.61 Å². The third-order valence-corrected chi connectivity index (χ3v) is 5.18. The van der Waals surface area contributed by atoms with E-state index in [1.807, 2.05) is 36.4 Å². The second kappa shape index (κ2) is 9.05. The average Bonchev–Trinajstić information content (AvgIpc) is 3.20. The van der Waals surface area contributed by atoms with Gasteiger partial charge in [0, 0.05) is 41.4 Å². The lowest BCUT2D eigenvalue weighted by atomic mass is 10.0. The Morgan fingerprint density at radius 1 is 1.20 bits per heavy atom. The highest BCUT2D eigenvalue weighted by Crippen LogP contribution is 2.30. The minimum atomic E-state index is -0.0857. The Hall–Kier alpha value is -3.25. The van der Waals surface area contributed by atoms with Gasteiger partial charge in [0.2, 0.25) is 0 Å². The van der Waals surface area contributed by atoms with Crippen molar-refractivity contribution in [1.82, 2.24) is 15.1 Å². The Labute approximate surface area is 180 Å². The molecule has 7 heteroatoms. The van der Waals surface area contributed by atoms with Gasteiger partial charge in [-0.2, -0.15) is 5.10 Å². The van der Waals surface area contributed by atoms with Gasteiger partial charge in [-0.05, 0) is 24.3 Å². The molecule has 2 heterocycles. The second-order valence-corrected chi connectivity index (χ2v) is 7.38. The molecule has 0 saturated heterocycles. The molecule has 1 aromatic heterocycles. The SMILES string of the molecule is C=CCOc1ccccc1OCC(=O)N1CCc2[nH]nc(-c3cccc(Cl)c3)c2C1. The zero-order chi connectivity index (χ0) is 20.9. The normalized spacial score (nSPS) is 12.9. The maximum atomic E-state index is 12.8. The van der Waals surface area contributed by atoms with Gasteiger partial charge in [0.05, 0.1) is 5.69 Å². The van der Waals surface area contributed by atoms with E-state index >= 15 is 0 Å². The molecule has 0 radical (unpaired) electrons. The molecule has 2 aromatic carbocycles. The van der Waals surface area contributed by atoms with Gasteiger partial charge in [0.15, 0.2) is 18.1 Å². The first-order valence-corrected chi connectivity index (χ1v) is 10.1. The molecule has 154 valence electrons. The fourth-order valence-electron chi connectivity index (χ4n) is 3.45. The van der Waals surface area contributed by atoms with Gasteiger partial charge < -0.3 is 14.4 Å². The number of fused-ring (bicyclic) bond motifs is 1. The van der Waals surface area contributed by atoms with Crippen LogP contribution in [0.2, 0.25) is 5.02 Å². The molecule has 0 spiro atoms. The van der Waals surface area contributed by atoms with Crippen LogP contribution in [0.4, 0.5) is 0 Å². The molecule has 6 nitrogen and oxygen atoms in total. The van der Waals surface area contributed by atoms with E-state index in [-0.39, 0.29) is 12.5 Å². The molecule has 1 amide bonds. The van der Waals surface area contributed by atoms with Crippen LogP contribution in [0, 0.1) is 0 Å². The third-order valence-electron chi connectivity index (χ3n) is 4.94. The van der Waals surface area contributed by atoms with Crippen LogP contribution in [0.1, 0.15) is 11.3 Å². The van der Waals surface area contributed by atoms with E-state index in [0.717, 1.165) is 22.5 Å². The molecule has 1 aliphatic heterocycles. The molecule has 30 heavy (non-hydrogen) atoms. The molecule has 0 saturated carbocycles. The summed E-state index contributed by atoms with van der Waals surface area (Å²) in [6, 6.07) is 14.9. The summed E-state index contributed by atoms with van der Waals surface area (Å²) in [5.41, 5.74) is 3.83. The van der Waals surface area contributed by atoms with Crippen LogP contribution in [-0.2, 0) is 17.8 Å². The fourth-order valence-corrected chi connectivity index (χ4v) is 3.64. The number of nitrogens with one attached hydrogen (secondary N) is 1. The molecule has 0 unspecified atom stereocenters. The van der Waals surface area contributed by atoms with Crippen LogP contribution in [0.15, 0.2) is 61.2 Å². The number of benzene rings is 2. The topological polar surface area (TPSA) is 67.5 Å². The largest absolute Gasteiger partial charge is 0.486 e. The van der Waals surface area contributed by atoms with Gasteiger partial charge >= 0.3 is 0 Å². The van der Waals surface area contributed by atoms with Crippen molar-refractivity contribution >= 4 is 17.5 Å². The number of para-hydroxylation sites is 2. The van der Waals surface area contributed by atoms with Crippen LogP contribution in [0.5, 0.6) is 11.5 Å². The number of hydrogen-bond acceptors (Lipinski definition) is 4. The van der Waals surface area contributed by atoms with Gasteiger partial charge in [-0.15, -0.1) is 0 Å². The summed E-state index contributed by atoms with van der Waals surface area (Å²) < 4.78 is 11.3. The Morgan fingerprint density at radius 2 is 2.00 bits per heavy atom. The summed E-state index contributed by atoms with van der Waals surface area (Å²) in [5.74, 6) is 1.04. The highest BCUT2D eigenvalue weighted by molar-refractivity contribution is 6.30. The molecule has 1 aliphatic rings. The molecule has 1 N–H and O–H groups in total. The first-order chi connectivity index (χ1) is 14.7. The van der Waals surface area contributed by atoms with Crippen LogP contribution < -0.4 is 9.47 Å². The lowest BCUT2D eigenvalue weighted by Crippen LogP contribution is -2.38. The molecular formula is C23H22ClN3O3. The maximum absolute atomic E-state index is 12.8. The lowest BCUT2D eigenvalue weighted by Gasteiger charge is -2.27. The second-order valence-electron chi connectivity index (χ2n) is 6.94. The van der Waals surface area contributed by atoms with Crippen LogP contribution in [0.3, 0.4) is 0 Å². The average molecular weight is 424 g/mol. The van der Waals surface area contributed by atoms with Crippen molar-refractivity contribution in [2.24, 2.45) is 0 Å². The summed E-state index contributed by atoms with van der Waals surface area (Å²) in [6.45, 7) is 5.05. The molecule has 0 fully saturated rings. The number of aromatic nitrogens is 2. The van der Waals surface area contributed by atoms with Gasteiger partial charge in [-0.25, -0.2) is 0 Å². The molecule has 0 atom stereocenters. The molecule has 0 bridgehead atoms. The Morgan fingerprint density at radius 3 is 2.77 bits per heavy atom. The van der Waals surface area contributed by atoms with Crippen molar-refractivity contribution in [1.29, 1.82) is 0 Å². The highest BCUT2D eigenvalue weighted by atomic mass is 35.5. The number of hydrogen-bond donors (Lipinski definition) is 1. The van der Waals surface area contributed by atoms with Crippen molar-refractivity contribution in [3.8, 4) is 22.8 Å². The molecule has 4 rings (SSSR count). The summed E-state index contributed by atoms with van der Waals surface area (Å²) in [4.78, 5) is 14.6. The molecule has 0 aliphatic carbocycles. The molecular weight excluding hydrogens is 402 g/mol. The number of halogens is 1. The van der Waals surface area contributed by atoms with E-state index in [4.69, 9.17) is 21.1 Å². The number of amides is 1. The number of carbonyl (C=O) groups is 1. The van der Waals surface area contributed by atoms with Crippen molar-refractivity contribution in [3.63, 3.8) is 0 Å². The van der Waals surface area contributed by atoms with Crippen LogP contribution in [0.25, 0.3) is 11.3 Å². The Balaban J connectivity index is 1.45. The summed E-state index contributed by atoms with van der Waals surface area (Å²) in [5, 5.41) is 8.21. The minimum absolute atomic E-state index is 0.0614. The number of carbonyl (C=O) groups excluding carboxylic acids is 1. The number of rotatable bonds is 7. The van der Waals surface area contributed by atoms with Gasteiger partial charge in [0.25, 0.3) is 5.91 Å².